The van der Waals surface area contributed by atoms with E-state index in [2.05, 4.69) is 21.2 Å². The van der Waals surface area contributed by atoms with Gasteiger partial charge in [-0.15, -0.1) is 11.3 Å². The summed E-state index contributed by atoms with van der Waals surface area (Å²) in [5.41, 5.74) is 0. The number of hydrogen-bond acceptors (Lipinski definition) is 3. The molecule has 1 N–H and O–H groups in total. The fourth-order valence-corrected chi connectivity index (χ4v) is 3.98. The van der Waals surface area contributed by atoms with Crippen molar-refractivity contribution in [3.63, 3.8) is 0 Å². The molecule has 2 atom stereocenters. The van der Waals surface area contributed by atoms with Crippen LogP contribution in [-0.4, -0.2) is 28.8 Å². The fraction of sp³-hybridized carbons (Fsp3) is 0.571. The van der Waals surface area contributed by atoms with Gasteiger partial charge in [0, 0.05) is 9.35 Å². The summed E-state index contributed by atoms with van der Waals surface area (Å²) in [6.07, 6.45) is 0.623. The highest BCUT2D eigenvalue weighted by Crippen LogP contribution is 2.28. The molecule has 4 nitrogen and oxygen atoms in total. The van der Waals surface area contributed by atoms with E-state index in [9.17, 15) is 9.59 Å². The number of carbonyl (C=O) groups is 2. The molecule has 1 aromatic heterocycles. The maximum Gasteiger partial charge on any atom is 0.246 e. The number of piperazine rings is 1. The smallest absolute Gasteiger partial charge is 0.246 e. The summed E-state index contributed by atoms with van der Waals surface area (Å²) in [6.45, 7) is 6.35. The van der Waals surface area contributed by atoms with Gasteiger partial charge in [0.05, 0.1) is 6.54 Å². The maximum atomic E-state index is 12.6. The van der Waals surface area contributed by atoms with Crippen LogP contribution in [-0.2, 0) is 16.1 Å². The summed E-state index contributed by atoms with van der Waals surface area (Å²) in [7, 11) is 0. The molecule has 1 aliphatic heterocycles. The third kappa shape index (κ3) is 2.91. The Morgan fingerprint density at radius 2 is 2.15 bits per heavy atom. The molecule has 2 unspecified atom stereocenters. The Labute approximate surface area is 131 Å². The molecule has 2 amide bonds. The molecule has 1 aliphatic rings. The number of nitrogens with zero attached hydrogens (tertiary/aromatic N) is 1. The summed E-state index contributed by atoms with van der Waals surface area (Å²) in [6, 6.07) is 1.19. The van der Waals surface area contributed by atoms with Crippen molar-refractivity contribution in [2.24, 2.45) is 5.92 Å². The van der Waals surface area contributed by atoms with Crippen LogP contribution >= 0.6 is 27.3 Å². The van der Waals surface area contributed by atoms with Crippen molar-refractivity contribution in [3.8, 4) is 0 Å². The van der Waals surface area contributed by atoms with Crippen LogP contribution in [0.3, 0.4) is 0 Å². The lowest BCUT2D eigenvalue weighted by atomic mass is 9.96. The molecule has 0 bridgehead atoms. The zero-order chi connectivity index (χ0) is 14.9. The zero-order valence-electron chi connectivity index (χ0n) is 11.9. The normalized spacial score (nSPS) is 23.4. The number of thiophene rings is 1. The quantitative estimate of drug-likeness (QED) is 0.899. The lowest BCUT2D eigenvalue weighted by Crippen LogP contribution is -2.64. The van der Waals surface area contributed by atoms with Crippen molar-refractivity contribution in [1.82, 2.24) is 10.2 Å². The van der Waals surface area contributed by atoms with E-state index in [4.69, 9.17) is 0 Å². The Hall–Kier alpha value is -0.880. The van der Waals surface area contributed by atoms with Gasteiger partial charge in [0.1, 0.15) is 12.1 Å². The first-order chi connectivity index (χ1) is 9.45. The Morgan fingerprint density at radius 1 is 1.45 bits per heavy atom. The highest BCUT2D eigenvalue weighted by Gasteiger charge is 2.41. The molecular formula is C14H19BrN2O2S. The van der Waals surface area contributed by atoms with E-state index in [0.29, 0.717) is 13.0 Å². The monoisotopic (exact) mass is 358 g/mol. The van der Waals surface area contributed by atoms with Crippen LogP contribution in [0.2, 0.25) is 0 Å². The van der Waals surface area contributed by atoms with Crippen molar-refractivity contribution in [3.05, 3.63) is 20.8 Å². The van der Waals surface area contributed by atoms with Gasteiger partial charge in [0.15, 0.2) is 0 Å². The number of nitrogens with one attached hydrogen (secondary N) is 1. The summed E-state index contributed by atoms with van der Waals surface area (Å²) in [5.74, 6) is 0.0701. The van der Waals surface area contributed by atoms with Crippen LogP contribution in [0.25, 0.3) is 0 Å². The van der Waals surface area contributed by atoms with E-state index < -0.39 is 6.04 Å². The molecule has 6 heteroatoms. The zero-order valence-corrected chi connectivity index (χ0v) is 14.3. The number of amides is 2. The lowest BCUT2D eigenvalue weighted by molar-refractivity contribution is -0.152. The Kier molecular flexibility index (Phi) is 4.86. The molecule has 0 spiro atoms. The average Bonchev–Trinajstić information content (AvgIpc) is 2.78. The first-order valence-corrected chi connectivity index (χ1v) is 8.45. The minimum Gasteiger partial charge on any atom is -0.343 e. The van der Waals surface area contributed by atoms with E-state index in [1.807, 2.05) is 32.2 Å². The van der Waals surface area contributed by atoms with Gasteiger partial charge in [-0.3, -0.25) is 9.59 Å². The molecule has 1 fully saturated rings. The van der Waals surface area contributed by atoms with Gasteiger partial charge in [0.25, 0.3) is 0 Å². The van der Waals surface area contributed by atoms with Gasteiger partial charge in [-0.2, -0.15) is 0 Å². The molecule has 0 radical (unpaired) electrons. The van der Waals surface area contributed by atoms with Gasteiger partial charge < -0.3 is 10.2 Å². The van der Waals surface area contributed by atoms with Gasteiger partial charge in [-0.05, 0) is 39.7 Å². The van der Waals surface area contributed by atoms with E-state index in [0.717, 1.165) is 9.35 Å². The first-order valence-electron chi connectivity index (χ1n) is 6.78. The summed E-state index contributed by atoms with van der Waals surface area (Å²) >= 11 is 5.09. The molecule has 2 rings (SSSR count). The van der Waals surface area contributed by atoms with Crippen LogP contribution < -0.4 is 5.32 Å². The van der Waals surface area contributed by atoms with Crippen molar-refractivity contribution >= 4 is 39.1 Å². The SMILES string of the molecule is CCC1NC(=O)C(C(C)C)N(Cc2sccc2Br)C1=O. The molecule has 1 aromatic rings. The van der Waals surface area contributed by atoms with Crippen molar-refractivity contribution in [1.29, 1.82) is 0 Å². The van der Waals surface area contributed by atoms with Crippen molar-refractivity contribution in [2.45, 2.75) is 45.8 Å². The highest BCUT2D eigenvalue weighted by molar-refractivity contribution is 9.10. The lowest BCUT2D eigenvalue weighted by Gasteiger charge is -2.40. The number of rotatable bonds is 4. The third-order valence-corrected chi connectivity index (χ3v) is 5.46. The summed E-state index contributed by atoms with van der Waals surface area (Å²) in [4.78, 5) is 27.6. The van der Waals surface area contributed by atoms with Crippen LogP contribution in [0, 0.1) is 5.92 Å². The Balaban J connectivity index is 2.29. The topological polar surface area (TPSA) is 49.4 Å². The highest BCUT2D eigenvalue weighted by atomic mass is 79.9. The van der Waals surface area contributed by atoms with Gasteiger partial charge in [0.2, 0.25) is 11.8 Å². The van der Waals surface area contributed by atoms with Crippen LogP contribution in [0.5, 0.6) is 0 Å². The average molecular weight is 359 g/mol. The number of halogens is 1. The number of hydrogen-bond donors (Lipinski definition) is 1. The molecular weight excluding hydrogens is 340 g/mol. The van der Waals surface area contributed by atoms with Crippen molar-refractivity contribution in [2.75, 3.05) is 0 Å². The predicted molar refractivity (Wildman–Crippen MR) is 83.4 cm³/mol. The second-order valence-electron chi connectivity index (χ2n) is 5.32. The van der Waals surface area contributed by atoms with E-state index in [1.165, 1.54) is 0 Å². The minimum atomic E-state index is -0.392. The molecule has 0 saturated carbocycles. The second kappa shape index (κ2) is 6.26. The molecule has 110 valence electrons. The molecule has 2 heterocycles. The second-order valence-corrected chi connectivity index (χ2v) is 7.17. The largest absolute Gasteiger partial charge is 0.343 e. The fourth-order valence-electron chi connectivity index (χ4n) is 2.51. The van der Waals surface area contributed by atoms with Gasteiger partial charge in [-0.1, -0.05) is 20.8 Å². The van der Waals surface area contributed by atoms with E-state index in [1.54, 1.807) is 16.2 Å². The van der Waals surface area contributed by atoms with Crippen molar-refractivity contribution < 1.29 is 9.59 Å². The standard InChI is InChI=1S/C14H19BrN2O2S/c1-4-10-14(19)17(7-11-9(15)5-6-20-11)12(8(2)3)13(18)16-10/h5-6,8,10,12H,4,7H2,1-3H3,(H,16,18). The Bertz CT molecular complexity index is 515. The van der Waals surface area contributed by atoms with Crippen LogP contribution in [0.4, 0.5) is 0 Å². The first kappa shape index (κ1) is 15.5. The van der Waals surface area contributed by atoms with Crippen LogP contribution in [0.15, 0.2) is 15.9 Å². The summed E-state index contributed by atoms with van der Waals surface area (Å²) < 4.78 is 0.997. The third-order valence-electron chi connectivity index (χ3n) is 3.55. The van der Waals surface area contributed by atoms with Gasteiger partial charge >= 0.3 is 0 Å². The van der Waals surface area contributed by atoms with Gasteiger partial charge in [-0.25, -0.2) is 0 Å². The predicted octanol–water partition coefficient (Wildman–Crippen LogP) is 2.77. The van der Waals surface area contributed by atoms with Crippen LogP contribution in [0.1, 0.15) is 32.1 Å². The van der Waals surface area contributed by atoms with E-state index >= 15 is 0 Å². The molecule has 20 heavy (non-hydrogen) atoms. The minimum absolute atomic E-state index is 0.0195. The molecule has 0 aliphatic carbocycles. The molecule has 1 saturated heterocycles. The maximum absolute atomic E-state index is 12.6. The Morgan fingerprint density at radius 3 is 2.65 bits per heavy atom. The summed E-state index contributed by atoms with van der Waals surface area (Å²) in [5, 5.41) is 4.81. The van der Waals surface area contributed by atoms with E-state index in [-0.39, 0.29) is 23.8 Å². The number of carbonyl (C=O) groups excluding carboxylic acids is 2. The molecule has 0 aromatic carbocycles.